The number of esters is 1. The molecule has 3 rings (SSSR count). The van der Waals surface area contributed by atoms with Gasteiger partial charge in [-0.15, -0.1) is 11.3 Å². The summed E-state index contributed by atoms with van der Waals surface area (Å²) in [5, 5.41) is 4.61. The molecule has 1 amide bonds. The number of aromatic nitrogens is 1. The van der Waals surface area contributed by atoms with Crippen molar-refractivity contribution in [1.29, 1.82) is 0 Å². The van der Waals surface area contributed by atoms with Crippen LogP contribution in [0.1, 0.15) is 34.1 Å². The Kier molecular flexibility index (Phi) is 7.73. The van der Waals surface area contributed by atoms with E-state index in [-0.39, 0.29) is 30.0 Å². The van der Waals surface area contributed by atoms with Gasteiger partial charge in [-0.3, -0.25) is 14.9 Å². The maximum absolute atomic E-state index is 12.8. The Morgan fingerprint density at radius 2 is 1.88 bits per heavy atom. The number of nitrogens with one attached hydrogen (secondary N) is 2. The van der Waals surface area contributed by atoms with Crippen LogP contribution < -0.4 is 10.0 Å². The summed E-state index contributed by atoms with van der Waals surface area (Å²) >= 11 is 1.17. The average molecular weight is 474 g/mol. The van der Waals surface area contributed by atoms with E-state index in [0.717, 1.165) is 5.56 Å². The lowest BCUT2D eigenvalue weighted by Gasteiger charge is -2.11. The Hall–Kier alpha value is -3.08. The quantitative estimate of drug-likeness (QED) is 0.461. The highest BCUT2D eigenvalue weighted by Gasteiger charge is 2.20. The van der Waals surface area contributed by atoms with E-state index in [1.54, 1.807) is 31.4 Å². The normalized spacial score (nSPS) is 11.2. The van der Waals surface area contributed by atoms with E-state index in [4.69, 9.17) is 4.74 Å². The molecule has 0 aliphatic rings. The van der Waals surface area contributed by atoms with Crippen molar-refractivity contribution in [2.24, 2.45) is 0 Å². The molecule has 0 radical (unpaired) electrons. The van der Waals surface area contributed by atoms with Crippen molar-refractivity contribution in [3.63, 3.8) is 0 Å². The van der Waals surface area contributed by atoms with Crippen LogP contribution in [0.15, 0.2) is 58.8 Å². The van der Waals surface area contributed by atoms with Crippen molar-refractivity contribution in [3.8, 4) is 0 Å². The first-order chi connectivity index (χ1) is 15.3. The molecule has 0 spiro atoms. The van der Waals surface area contributed by atoms with Gasteiger partial charge in [-0.1, -0.05) is 36.4 Å². The Bertz CT molecular complexity index is 1210. The summed E-state index contributed by atoms with van der Waals surface area (Å²) in [6, 6.07) is 13.6. The minimum atomic E-state index is -3.83. The van der Waals surface area contributed by atoms with Crippen molar-refractivity contribution < 1.29 is 22.7 Å². The van der Waals surface area contributed by atoms with Gasteiger partial charge in [0.2, 0.25) is 10.0 Å². The molecule has 0 saturated carbocycles. The molecule has 3 aromatic rings. The summed E-state index contributed by atoms with van der Waals surface area (Å²) in [6.45, 7) is 3.81. The molecule has 0 unspecified atom stereocenters. The minimum Gasteiger partial charge on any atom is -0.466 e. The number of carbonyl (C=O) groups is 2. The van der Waals surface area contributed by atoms with Gasteiger partial charge in [-0.2, -0.15) is 0 Å². The number of ether oxygens (including phenoxy) is 1. The molecule has 0 aliphatic carbocycles. The zero-order valence-electron chi connectivity index (χ0n) is 17.6. The van der Waals surface area contributed by atoms with Gasteiger partial charge >= 0.3 is 5.97 Å². The zero-order chi connectivity index (χ0) is 23.1. The monoisotopic (exact) mass is 473 g/mol. The molecule has 168 valence electrons. The largest absolute Gasteiger partial charge is 0.466 e. The molecule has 8 nitrogen and oxygen atoms in total. The van der Waals surface area contributed by atoms with Gasteiger partial charge in [0.05, 0.1) is 23.6 Å². The number of anilines is 1. The third-order valence-corrected chi connectivity index (χ3v) is 6.80. The van der Waals surface area contributed by atoms with Crippen molar-refractivity contribution in [2.45, 2.75) is 31.7 Å². The fraction of sp³-hybridized carbons (Fsp3) is 0.227. The Morgan fingerprint density at radius 3 is 2.59 bits per heavy atom. The number of thiazole rings is 1. The number of carbonyl (C=O) groups excluding carboxylic acids is 2. The maximum atomic E-state index is 12.8. The van der Waals surface area contributed by atoms with E-state index in [1.165, 1.54) is 17.4 Å². The zero-order valence-corrected chi connectivity index (χ0v) is 19.3. The molecular formula is C22H23N3O5S2. The molecule has 32 heavy (non-hydrogen) atoms. The molecule has 0 atom stereocenters. The van der Waals surface area contributed by atoms with Gasteiger partial charge in [0.25, 0.3) is 5.91 Å². The number of rotatable bonds is 9. The van der Waals surface area contributed by atoms with Gasteiger partial charge in [-0.05, 0) is 37.1 Å². The first kappa shape index (κ1) is 23.6. The lowest BCUT2D eigenvalue weighted by Crippen LogP contribution is -2.24. The van der Waals surface area contributed by atoms with Crippen LogP contribution >= 0.6 is 11.3 Å². The van der Waals surface area contributed by atoms with Crippen LogP contribution in [0, 0.1) is 6.92 Å². The summed E-state index contributed by atoms with van der Waals surface area (Å²) in [5.74, 6) is -0.895. The van der Waals surface area contributed by atoms with E-state index in [0.29, 0.717) is 16.4 Å². The number of benzene rings is 2. The summed E-state index contributed by atoms with van der Waals surface area (Å²) in [5.41, 5.74) is 2.01. The second kappa shape index (κ2) is 10.5. The topological polar surface area (TPSA) is 114 Å². The fourth-order valence-corrected chi connectivity index (χ4v) is 4.85. The number of hydrogen-bond donors (Lipinski definition) is 2. The summed E-state index contributed by atoms with van der Waals surface area (Å²) in [7, 11) is -3.83. The molecule has 1 aromatic heterocycles. The third-order valence-electron chi connectivity index (χ3n) is 4.45. The van der Waals surface area contributed by atoms with E-state index < -0.39 is 21.9 Å². The van der Waals surface area contributed by atoms with E-state index in [1.807, 2.05) is 30.3 Å². The van der Waals surface area contributed by atoms with Crippen LogP contribution in [-0.2, 0) is 32.5 Å². The molecule has 0 saturated heterocycles. The molecule has 0 bridgehead atoms. The highest BCUT2D eigenvalue weighted by Crippen LogP contribution is 2.21. The Morgan fingerprint density at radius 1 is 1.12 bits per heavy atom. The lowest BCUT2D eigenvalue weighted by atomic mass is 10.1. The smallest absolute Gasteiger partial charge is 0.311 e. The molecule has 1 heterocycles. The van der Waals surface area contributed by atoms with Crippen LogP contribution in [0.25, 0.3) is 0 Å². The lowest BCUT2D eigenvalue weighted by molar-refractivity contribution is -0.142. The minimum absolute atomic E-state index is 0.0141. The van der Waals surface area contributed by atoms with Crippen LogP contribution in [0.2, 0.25) is 0 Å². The summed E-state index contributed by atoms with van der Waals surface area (Å²) in [4.78, 5) is 28.5. The van der Waals surface area contributed by atoms with Crippen molar-refractivity contribution in [3.05, 3.63) is 76.3 Å². The Balaban J connectivity index is 1.71. The predicted octanol–water partition coefficient (Wildman–Crippen LogP) is 3.29. The molecule has 0 aliphatic heterocycles. The first-order valence-electron chi connectivity index (χ1n) is 9.84. The van der Waals surface area contributed by atoms with E-state index >= 15 is 0 Å². The SMILES string of the molecule is CCOC(=O)Cc1csc(NC(=O)c2ccc(C)c(S(=O)(=O)NCc3ccccc3)c2)n1. The third kappa shape index (κ3) is 6.22. The number of sulfonamides is 1. The summed E-state index contributed by atoms with van der Waals surface area (Å²) in [6.07, 6.45) is 0.0141. The second-order valence-electron chi connectivity index (χ2n) is 6.87. The van der Waals surface area contributed by atoms with Crippen molar-refractivity contribution in [1.82, 2.24) is 9.71 Å². The Labute approximate surface area is 190 Å². The van der Waals surface area contributed by atoms with Crippen LogP contribution in [-0.4, -0.2) is 31.9 Å². The van der Waals surface area contributed by atoms with Crippen LogP contribution in [0.5, 0.6) is 0 Å². The van der Waals surface area contributed by atoms with Gasteiger partial charge < -0.3 is 4.74 Å². The van der Waals surface area contributed by atoms with Gasteiger partial charge in [0.15, 0.2) is 5.13 Å². The number of hydrogen-bond acceptors (Lipinski definition) is 7. The van der Waals surface area contributed by atoms with E-state index in [9.17, 15) is 18.0 Å². The highest BCUT2D eigenvalue weighted by atomic mass is 32.2. The molecular weight excluding hydrogens is 450 g/mol. The van der Waals surface area contributed by atoms with E-state index in [2.05, 4.69) is 15.0 Å². The second-order valence-corrected chi connectivity index (χ2v) is 9.46. The standard InChI is InChI=1S/C22H23N3O5S2/c1-3-30-20(26)12-18-14-31-22(24-18)25-21(27)17-10-9-15(2)19(11-17)32(28,29)23-13-16-7-5-4-6-8-16/h4-11,14,23H,3,12-13H2,1-2H3,(H,24,25,27). The van der Waals surface area contributed by atoms with Crippen LogP contribution in [0.4, 0.5) is 5.13 Å². The predicted molar refractivity (Wildman–Crippen MR) is 122 cm³/mol. The molecule has 2 aromatic carbocycles. The van der Waals surface area contributed by atoms with Crippen LogP contribution in [0.3, 0.4) is 0 Å². The van der Waals surface area contributed by atoms with Gasteiger partial charge in [0, 0.05) is 17.5 Å². The maximum Gasteiger partial charge on any atom is 0.311 e. The average Bonchev–Trinajstić information content (AvgIpc) is 3.20. The highest BCUT2D eigenvalue weighted by molar-refractivity contribution is 7.89. The molecule has 10 heteroatoms. The molecule has 0 fully saturated rings. The molecule has 2 N–H and O–H groups in total. The van der Waals surface area contributed by atoms with Crippen molar-refractivity contribution in [2.75, 3.05) is 11.9 Å². The number of nitrogens with zero attached hydrogens (tertiary/aromatic N) is 1. The van der Waals surface area contributed by atoms with Gasteiger partial charge in [0.1, 0.15) is 0 Å². The summed E-state index contributed by atoms with van der Waals surface area (Å²) < 4.78 is 33.1. The fourth-order valence-electron chi connectivity index (χ4n) is 2.86. The van der Waals surface area contributed by atoms with Gasteiger partial charge in [-0.25, -0.2) is 18.1 Å². The van der Waals surface area contributed by atoms with Crippen molar-refractivity contribution >= 4 is 38.4 Å². The first-order valence-corrected chi connectivity index (χ1v) is 12.2. The number of aryl methyl sites for hydroxylation is 1. The number of amides is 1.